The molecule has 0 spiro atoms. The second-order valence-corrected chi connectivity index (χ2v) is 6.61. The number of hydrogen-bond donors (Lipinski definition) is 0. The van der Waals surface area contributed by atoms with E-state index in [1.807, 2.05) is 12.1 Å². The number of carbonyl (C=O) groups is 1. The van der Waals surface area contributed by atoms with Crippen molar-refractivity contribution >= 4 is 34.2 Å². The minimum atomic E-state index is -0.475. The van der Waals surface area contributed by atoms with E-state index in [0.29, 0.717) is 10.6 Å². The summed E-state index contributed by atoms with van der Waals surface area (Å²) in [6.45, 7) is 0. The van der Waals surface area contributed by atoms with E-state index in [4.69, 9.17) is 16.4 Å². The van der Waals surface area contributed by atoms with E-state index in [2.05, 4.69) is 28.9 Å². The number of oxime groups is 1. The molecule has 1 aromatic heterocycles. The van der Waals surface area contributed by atoms with Crippen LogP contribution < -0.4 is 0 Å². The van der Waals surface area contributed by atoms with Gasteiger partial charge in [-0.15, -0.1) is 0 Å². The highest BCUT2D eigenvalue weighted by atomic mass is 35.5. The number of aryl methyl sites for hydroxylation is 1. The van der Waals surface area contributed by atoms with Gasteiger partial charge in [0.2, 0.25) is 0 Å². The van der Waals surface area contributed by atoms with Crippen molar-refractivity contribution in [2.75, 3.05) is 0 Å². The molecule has 5 heteroatoms. The Morgan fingerprint density at radius 2 is 1.88 bits per heavy atom. The first-order chi connectivity index (χ1) is 12.1. The van der Waals surface area contributed by atoms with E-state index in [0.717, 1.165) is 35.9 Å². The van der Waals surface area contributed by atoms with Crippen molar-refractivity contribution < 1.29 is 9.63 Å². The van der Waals surface area contributed by atoms with Crippen molar-refractivity contribution in [1.29, 1.82) is 0 Å². The van der Waals surface area contributed by atoms with Gasteiger partial charge < -0.3 is 9.40 Å². The molecule has 0 saturated carbocycles. The fourth-order valence-electron chi connectivity index (χ4n) is 3.44. The van der Waals surface area contributed by atoms with Crippen molar-refractivity contribution in [3.8, 4) is 0 Å². The number of nitrogens with zero attached hydrogens (tertiary/aromatic N) is 2. The van der Waals surface area contributed by atoms with Crippen molar-refractivity contribution in [2.45, 2.75) is 19.3 Å². The standard InChI is InChI=1S/C20H17ClN2O2/c1-23-17-7-3-2-5-15(17)19-16(6-4-8-18(19)23)22-25-20(24)13-9-11-14(21)12-10-13/h2-3,5,7,9-12H,4,6,8H2,1H3. The van der Waals surface area contributed by atoms with E-state index in [9.17, 15) is 4.79 Å². The first-order valence-corrected chi connectivity index (χ1v) is 8.63. The number of benzene rings is 2. The molecular formula is C20H17ClN2O2. The largest absolute Gasteiger partial charge is 0.365 e. The van der Waals surface area contributed by atoms with Gasteiger partial charge in [-0.3, -0.25) is 0 Å². The molecule has 3 aromatic rings. The van der Waals surface area contributed by atoms with Crippen LogP contribution in [0.4, 0.5) is 0 Å². The lowest BCUT2D eigenvalue weighted by molar-refractivity contribution is 0.0515. The first kappa shape index (κ1) is 15.9. The molecule has 4 rings (SSSR count). The molecule has 0 bridgehead atoms. The van der Waals surface area contributed by atoms with Crippen LogP contribution >= 0.6 is 11.6 Å². The zero-order valence-corrected chi connectivity index (χ0v) is 14.6. The predicted octanol–water partition coefficient (Wildman–Crippen LogP) is 4.73. The normalized spacial score (nSPS) is 15.4. The van der Waals surface area contributed by atoms with E-state index < -0.39 is 5.97 Å². The van der Waals surface area contributed by atoms with Gasteiger partial charge in [0.1, 0.15) is 0 Å². The summed E-state index contributed by atoms with van der Waals surface area (Å²) in [6.07, 6.45) is 2.80. The van der Waals surface area contributed by atoms with Gasteiger partial charge in [0.05, 0.1) is 11.3 Å². The molecule has 0 unspecified atom stereocenters. The minimum Gasteiger partial charge on any atom is -0.347 e. The summed E-state index contributed by atoms with van der Waals surface area (Å²) in [6, 6.07) is 14.8. The Hall–Kier alpha value is -2.59. The maximum atomic E-state index is 12.2. The number of fused-ring (bicyclic) bond motifs is 3. The summed E-state index contributed by atoms with van der Waals surface area (Å²) in [5.41, 5.74) is 4.79. The topological polar surface area (TPSA) is 43.6 Å². The Morgan fingerprint density at radius 1 is 1.12 bits per heavy atom. The molecule has 1 heterocycles. The molecule has 0 saturated heterocycles. The van der Waals surface area contributed by atoms with E-state index in [1.165, 1.54) is 11.2 Å². The van der Waals surface area contributed by atoms with Gasteiger partial charge >= 0.3 is 5.97 Å². The monoisotopic (exact) mass is 352 g/mol. The molecule has 2 aromatic carbocycles. The summed E-state index contributed by atoms with van der Waals surface area (Å²) in [5.74, 6) is -0.475. The number of rotatable bonds is 2. The quantitative estimate of drug-likeness (QED) is 0.494. The Balaban J connectivity index is 1.69. The third-order valence-corrected chi connectivity index (χ3v) is 4.91. The van der Waals surface area contributed by atoms with E-state index in [-0.39, 0.29) is 0 Å². The Bertz CT molecular complexity index is 987. The molecule has 4 nitrogen and oxygen atoms in total. The van der Waals surface area contributed by atoms with E-state index >= 15 is 0 Å². The third-order valence-electron chi connectivity index (χ3n) is 4.66. The molecule has 0 amide bonds. The van der Waals surface area contributed by atoms with Crippen molar-refractivity contribution in [1.82, 2.24) is 4.57 Å². The highest BCUT2D eigenvalue weighted by molar-refractivity contribution is 6.30. The Labute approximate surface area is 150 Å². The number of aromatic nitrogens is 1. The van der Waals surface area contributed by atoms with Gasteiger partial charge in [0.25, 0.3) is 0 Å². The van der Waals surface area contributed by atoms with E-state index in [1.54, 1.807) is 24.3 Å². The zero-order chi connectivity index (χ0) is 17.4. The lowest BCUT2D eigenvalue weighted by Crippen LogP contribution is -2.14. The summed E-state index contributed by atoms with van der Waals surface area (Å²) in [5, 5.41) is 5.94. The summed E-state index contributed by atoms with van der Waals surface area (Å²) in [7, 11) is 2.07. The van der Waals surface area contributed by atoms with Gasteiger partial charge in [-0.1, -0.05) is 35.0 Å². The second-order valence-electron chi connectivity index (χ2n) is 6.18. The number of halogens is 1. The number of hydrogen-bond acceptors (Lipinski definition) is 3. The van der Waals surface area contributed by atoms with Crippen LogP contribution in [0.3, 0.4) is 0 Å². The number of carbonyl (C=O) groups excluding carboxylic acids is 1. The molecule has 1 aliphatic rings. The van der Waals surface area contributed by atoms with Crippen LogP contribution in [0.2, 0.25) is 5.02 Å². The fraction of sp³-hybridized carbons (Fsp3) is 0.200. The van der Waals surface area contributed by atoms with Gasteiger partial charge in [-0.25, -0.2) is 4.79 Å². The fourth-order valence-corrected chi connectivity index (χ4v) is 3.56. The molecule has 25 heavy (non-hydrogen) atoms. The lowest BCUT2D eigenvalue weighted by Gasteiger charge is -2.15. The van der Waals surface area contributed by atoms with Crippen LogP contribution in [-0.4, -0.2) is 16.2 Å². The van der Waals surface area contributed by atoms with Gasteiger partial charge in [0.15, 0.2) is 0 Å². The Kier molecular flexibility index (Phi) is 4.06. The van der Waals surface area contributed by atoms with Gasteiger partial charge in [-0.2, -0.15) is 0 Å². The first-order valence-electron chi connectivity index (χ1n) is 8.25. The molecule has 0 atom stereocenters. The molecule has 126 valence electrons. The lowest BCUT2D eigenvalue weighted by atomic mass is 9.93. The van der Waals surface area contributed by atoms with Crippen LogP contribution in [0.5, 0.6) is 0 Å². The van der Waals surface area contributed by atoms with Crippen molar-refractivity contribution in [3.63, 3.8) is 0 Å². The SMILES string of the molecule is Cn1c2c(c3ccccc31)C(=NOC(=O)c1ccc(Cl)cc1)CCC2. The predicted molar refractivity (Wildman–Crippen MR) is 99.3 cm³/mol. The van der Waals surface area contributed by atoms with Gasteiger partial charge in [0, 0.05) is 34.2 Å². The molecule has 0 fully saturated rings. The average molecular weight is 353 g/mol. The summed E-state index contributed by atoms with van der Waals surface area (Å²) < 4.78 is 2.21. The zero-order valence-electron chi connectivity index (χ0n) is 13.8. The van der Waals surface area contributed by atoms with Gasteiger partial charge in [-0.05, 0) is 49.6 Å². The average Bonchev–Trinajstić information content (AvgIpc) is 2.94. The summed E-state index contributed by atoms with van der Waals surface area (Å²) in [4.78, 5) is 17.4. The maximum Gasteiger partial charge on any atom is 0.365 e. The smallest absolute Gasteiger partial charge is 0.347 e. The van der Waals surface area contributed by atoms with Crippen LogP contribution in [0, 0.1) is 0 Å². The third kappa shape index (κ3) is 2.83. The molecular weight excluding hydrogens is 336 g/mol. The highest BCUT2D eigenvalue weighted by Crippen LogP contribution is 2.31. The van der Waals surface area contributed by atoms with Crippen LogP contribution in [0.25, 0.3) is 10.9 Å². The number of para-hydroxylation sites is 1. The maximum absolute atomic E-state index is 12.2. The van der Waals surface area contributed by atoms with Crippen LogP contribution in [0.15, 0.2) is 53.7 Å². The molecule has 1 aliphatic carbocycles. The van der Waals surface area contributed by atoms with Crippen LogP contribution in [0.1, 0.15) is 34.5 Å². The van der Waals surface area contributed by atoms with Crippen molar-refractivity contribution in [2.24, 2.45) is 12.2 Å². The molecule has 0 radical (unpaired) electrons. The molecule has 0 aliphatic heterocycles. The van der Waals surface area contributed by atoms with Crippen LogP contribution in [-0.2, 0) is 18.3 Å². The second kappa shape index (κ2) is 6.37. The summed E-state index contributed by atoms with van der Waals surface area (Å²) >= 11 is 5.85. The Morgan fingerprint density at radius 3 is 2.68 bits per heavy atom. The molecule has 0 N–H and O–H groups in total. The minimum absolute atomic E-state index is 0.433. The van der Waals surface area contributed by atoms with Crippen molar-refractivity contribution in [3.05, 3.63) is 70.4 Å². The highest BCUT2D eigenvalue weighted by Gasteiger charge is 2.24.